The number of fused-ring (bicyclic) bond motifs is 2. The summed E-state index contributed by atoms with van der Waals surface area (Å²) in [5.41, 5.74) is 3.76. The Morgan fingerprint density at radius 3 is 2.44 bits per heavy atom. The van der Waals surface area contributed by atoms with Crippen LogP contribution in [0.25, 0.3) is 28.1 Å². The number of anilines is 2. The summed E-state index contributed by atoms with van der Waals surface area (Å²) >= 11 is 0. The number of aromatic nitrogens is 3. The van der Waals surface area contributed by atoms with Gasteiger partial charge in [-0.15, -0.1) is 13.2 Å². The molecule has 3 aromatic rings. The van der Waals surface area contributed by atoms with Crippen LogP contribution in [0.5, 0.6) is 11.6 Å². The van der Waals surface area contributed by atoms with Crippen molar-refractivity contribution in [2.75, 3.05) is 12.4 Å². The maximum absolute atomic E-state index is 14.4. The van der Waals surface area contributed by atoms with E-state index in [1.807, 2.05) is 26.0 Å². The number of ether oxygens (including phenoxy) is 2. The molecule has 1 aromatic heterocycles. The Morgan fingerprint density at radius 1 is 0.974 bits per heavy atom. The van der Waals surface area contributed by atoms with Gasteiger partial charge in [-0.2, -0.15) is 0 Å². The number of hydrogen-bond donors (Lipinski definition) is 1. The lowest BCUT2D eigenvalue weighted by Gasteiger charge is -2.21. The Labute approximate surface area is 220 Å². The first kappa shape index (κ1) is 26.0. The molecule has 39 heavy (non-hydrogen) atoms. The predicted octanol–water partition coefficient (Wildman–Crippen LogP) is 6.62. The number of halogens is 4. The van der Waals surface area contributed by atoms with E-state index in [1.165, 1.54) is 43.5 Å². The van der Waals surface area contributed by atoms with Crippen molar-refractivity contribution in [3.63, 3.8) is 0 Å². The lowest BCUT2D eigenvalue weighted by atomic mass is 10.1. The molecule has 0 amide bonds. The van der Waals surface area contributed by atoms with Crippen LogP contribution < -0.4 is 20.1 Å². The summed E-state index contributed by atoms with van der Waals surface area (Å²) in [5, 5.41) is 3.91. The van der Waals surface area contributed by atoms with Crippen molar-refractivity contribution in [1.82, 2.24) is 14.5 Å². The number of pyridine rings is 1. The molecule has 1 aliphatic carbocycles. The zero-order valence-electron chi connectivity index (χ0n) is 21.1. The van der Waals surface area contributed by atoms with Crippen molar-refractivity contribution < 1.29 is 27.0 Å². The van der Waals surface area contributed by atoms with Gasteiger partial charge in [-0.25, -0.2) is 14.4 Å². The van der Waals surface area contributed by atoms with E-state index in [2.05, 4.69) is 15.0 Å². The predicted molar refractivity (Wildman–Crippen MR) is 139 cm³/mol. The van der Waals surface area contributed by atoms with Crippen LogP contribution in [0.4, 0.5) is 28.9 Å². The molecule has 0 atom stereocenters. The summed E-state index contributed by atoms with van der Waals surface area (Å²) in [7, 11) is 1.52. The van der Waals surface area contributed by atoms with Gasteiger partial charge in [-0.05, 0) is 74.5 Å². The standard InChI is InChI=1S/C28H23F4N5O2/c1-16(2)34-23-15-26-24(14-22(23)36-21-5-4-12-33-27(21)38-3)35-20-11-6-17(29)13-25(20)37(26)18-7-9-19(10-8-18)39-28(30,31)32/h4-16,36H,1-3H3/b34-23+. The Bertz CT molecular complexity index is 1680. The van der Waals surface area contributed by atoms with Crippen molar-refractivity contribution in [3.05, 3.63) is 84.1 Å². The summed E-state index contributed by atoms with van der Waals surface area (Å²) < 4.78 is 63.6. The van der Waals surface area contributed by atoms with Crippen molar-refractivity contribution in [2.45, 2.75) is 26.3 Å². The van der Waals surface area contributed by atoms with Crippen LogP contribution in [0.1, 0.15) is 13.8 Å². The van der Waals surface area contributed by atoms with Gasteiger partial charge in [0, 0.05) is 24.0 Å². The molecule has 0 radical (unpaired) electrons. The molecule has 7 nitrogen and oxygen atoms in total. The maximum atomic E-state index is 14.4. The van der Waals surface area contributed by atoms with Crippen molar-refractivity contribution in [1.29, 1.82) is 0 Å². The SMILES string of the molecule is COc1ncccc1Nc1cc2nc3ccc(F)cc3n(-c3ccc(OC(F)(F)F)cc3)c-2c/c1=N\C(C)C. The van der Waals surface area contributed by atoms with Crippen molar-refractivity contribution in [3.8, 4) is 28.7 Å². The molecule has 200 valence electrons. The van der Waals surface area contributed by atoms with Crippen LogP contribution in [-0.2, 0) is 0 Å². The van der Waals surface area contributed by atoms with Gasteiger partial charge in [0.2, 0.25) is 5.88 Å². The molecule has 0 saturated carbocycles. The zero-order valence-corrected chi connectivity index (χ0v) is 21.1. The summed E-state index contributed by atoms with van der Waals surface area (Å²) in [6, 6.07) is 16.6. The van der Waals surface area contributed by atoms with Gasteiger partial charge in [0.05, 0.1) is 40.6 Å². The van der Waals surface area contributed by atoms with E-state index in [1.54, 1.807) is 29.0 Å². The number of benzene rings is 3. The van der Waals surface area contributed by atoms with Crippen LogP contribution in [0, 0.1) is 5.82 Å². The average molecular weight is 538 g/mol. The summed E-state index contributed by atoms with van der Waals surface area (Å²) in [6.07, 6.45) is -3.20. The fourth-order valence-corrected chi connectivity index (χ4v) is 4.22. The molecule has 1 aliphatic heterocycles. The Hall–Kier alpha value is -4.67. The van der Waals surface area contributed by atoms with Gasteiger partial charge in [0.25, 0.3) is 0 Å². The van der Waals surface area contributed by atoms with E-state index < -0.39 is 12.2 Å². The summed E-state index contributed by atoms with van der Waals surface area (Å²) in [6.45, 7) is 3.86. The van der Waals surface area contributed by atoms with Gasteiger partial charge in [0.1, 0.15) is 17.3 Å². The van der Waals surface area contributed by atoms with E-state index in [9.17, 15) is 17.6 Å². The first-order valence-corrected chi connectivity index (χ1v) is 11.9. The Kier molecular flexibility index (Phi) is 6.81. The number of nitrogens with one attached hydrogen (secondary N) is 1. The largest absolute Gasteiger partial charge is 0.573 e. The fourth-order valence-electron chi connectivity index (χ4n) is 4.22. The number of methoxy groups -OCH3 is 1. The molecule has 0 fully saturated rings. The molecule has 1 N–H and O–H groups in total. The van der Waals surface area contributed by atoms with Crippen LogP contribution in [-0.4, -0.2) is 34.0 Å². The van der Waals surface area contributed by atoms with E-state index in [0.717, 1.165) is 0 Å². The summed E-state index contributed by atoms with van der Waals surface area (Å²) in [5.74, 6) is -0.456. The molecule has 2 aromatic carbocycles. The van der Waals surface area contributed by atoms with Gasteiger partial charge >= 0.3 is 6.36 Å². The minimum atomic E-state index is -4.82. The molecular formula is C28H23F4N5O2. The monoisotopic (exact) mass is 537 g/mol. The van der Waals surface area contributed by atoms with Gasteiger partial charge < -0.3 is 19.4 Å². The van der Waals surface area contributed by atoms with Crippen molar-refractivity contribution in [2.24, 2.45) is 4.99 Å². The number of nitrogens with zero attached hydrogens (tertiary/aromatic N) is 4. The molecule has 0 saturated heterocycles. The fraction of sp³-hybridized carbons (Fsp3) is 0.179. The van der Waals surface area contributed by atoms with E-state index in [4.69, 9.17) is 14.7 Å². The Morgan fingerprint density at radius 2 is 1.74 bits per heavy atom. The molecule has 2 heterocycles. The van der Waals surface area contributed by atoms with Crippen LogP contribution >= 0.6 is 0 Å². The van der Waals surface area contributed by atoms with E-state index in [0.29, 0.717) is 50.7 Å². The normalized spacial score (nSPS) is 12.4. The first-order valence-electron chi connectivity index (χ1n) is 11.9. The zero-order chi connectivity index (χ0) is 27.7. The maximum Gasteiger partial charge on any atom is 0.573 e. The molecule has 2 aliphatic rings. The first-order chi connectivity index (χ1) is 18.6. The molecule has 11 heteroatoms. The third-order valence-corrected chi connectivity index (χ3v) is 5.71. The highest BCUT2D eigenvalue weighted by molar-refractivity contribution is 5.84. The second kappa shape index (κ2) is 10.2. The number of hydrogen-bond acceptors (Lipinski definition) is 6. The van der Waals surface area contributed by atoms with Crippen LogP contribution in [0.3, 0.4) is 0 Å². The molecular weight excluding hydrogens is 514 g/mol. The third kappa shape index (κ3) is 5.62. The quantitative estimate of drug-likeness (QED) is 0.195. The van der Waals surface area contributed by atoms with Gasteiger partial charge in [-0.3, -0.25) is 4.99 Å². The van der Waals surface area contributed by atoms with Gasteiger partial charge in [-0.1, -0.05) is 0 Å². The highest BCUT2D eigenvalue weighted by Crippen LogP contribution is 2.33. The minimum absolute atomic E-state index is 0.0723. The molecule has 5 rings (SSSR count). The minimum Gasteiger partial charge on any atom is -0.480 e. The molecule has 0 unspecified atom stereocenters. The molecule has 0 spiro atoms. The third-order valence-electron chi connectivity index (χ3n) is 5.71. The highest BCUT2D eigenvalue weighted by atomic mass is 19.4. The van der Waals surface area contributed by atoms with Gasteiger partial charge in [0.15, 0.2) is 0 Å². The summed E-state index contributed by atoms with van der Waals surface area (Å²) in [4.78, 5) is 13.7. The van der Waals surface area contributed by atoms with Crippen molar-refractivity contribution >= 4 is 22.4 Å². The second-order valence-corrected chi connectivity index (χ2v) is 8.89. The Balaban J connectivity index is 1.76. The average Bonchev–Trinajstić information content (AvgIpc) is 2.88. The lowest BCUT2D eigenvalue weighted by Crippen LogP contribution is -2.17. The van der Waals surface area contributed by atoms with E-state index in [-0.39, 0.29) is 11.8 Å². The van der Waals surface area contributed by atoms with Crippen LogP contribution in [0.2, 0.25) is 0 Å². The number of rotatable bonds is 6. The highest BCUT2D eigenvalue weighted by Gasteiger charge is 2.31. The topological polar surface area (TPSA) is 73.6 Å². The lowest BCUT2D eigenvalue weighted by molar-refractivity contribution is -0.274. The smallest absolute Gasteiger partial charge is 0.480 e. The second-order valence-electron chi connectivity index (χ2n) is 8.89. The number of alkyl halides is 3. The van der Waals surface area contributed by atoms with E-state index >= 15 is 0 Å². The van der Waals surface area contributed by atoms with Crippen LogP contribution in [0.15, 0.2) is 77.9 Å². The molecule has 0 bridgehead atoms.